The standard InChI is InChI=1S/C17H21N3O3S2/c18-16(12-6-7-12)11-19-17(21)13-3-1-5-15(9-13)25(22,23)20-10-14-4-2-8-24-14/h1-5,8-9,12,16,20H,6-7,10-11,18H2,(H,19,21). The van der Waals surface area contributed by atoms with Crippen molar-refractivity contribution in [3.63, 3.8) is 0 Å². The highest BCUT2D eigenvalue weighted by molar-refractivity contribution is 7.89. The number of carbonyl (C=O) groups excluding carboxylic acids is 1. The summed E-state index contributed by atoms with van der Waals surface area (Å²) in [4.78, 5) is 13.2. The molecule has 1 amide bonds. The minimum absolute atomic E-state index is 0.0386. The predicted octanol–water partition coefficient (Wildman–Crippen LogP) is 1.69. The molecule has 1 aromatic carbocycles. The molecule has 4 N–H and O–H groups in total. The average molecular weight is 380 g/mol. The number of amides is 1. The largest absolute Gasteiger partial charge is 0.350 e. The zero-order chi connectivity index (χ0) is 17.9. The molecule has 0 spiro atoms. The molecule has 6 nitrogen and oxygen atoms in total. The number of sulfonamides is 1. The van der Waals surface area contributed by atoms with Gasteiger partial charge in [0.1, 0.15) is 0 Å². The third kappa shape index (κ3) is 4.88. The van der Waals surface area contributed by atoms with Crippen molar-refractivity contribution in [2.75, 3.05) is 6.54 Å². The van der Waals surface area contributed by atoms with Crippen molar-refractivity contribution in [2.24, 2.45) is 11.7 Å². The van der Waals surface area contributed by atoms with Gasteiger partial charge in [0.2, 0.25) is 10.0 Å². The number of benzene rings is 1. The van der Waals surface area contributed by atoms with E-state index in [0.29, 0.717) is 18.0 Å². The molecule has 1 unspecified atom stereocenters. The van der Waals surface area contributed by atoms with Gasteiger partial charge >= 0.3 is 0 Å². The van der Waals surface area contributed by atoms with E-state index in [0.717, 1.165) is 17.7 Å². The topological polar surface area (TPSA) is 101 Å². The van der Waals surface area contributed by atoms with Crippen LogP contribution in [0.5, 0.6) is 0 Å². The Morgan fingerprint density at radius 1 is 1.28 bits per heavy atom. The van der Waals surface area contributed by atoms with E-state index in [1.54, 1.807) is 12.1 Å². The molecule has 8 heteroatoms. The number of thiophene rings is 1. The van der Waals surface area contributed by atoms with Crippen LogP contribution in [0.25, 0.3) is 0 Å². The highest BCUT2D eigenvalue weighted by atomic mass is 32.2. The Labute approximate surface area is 151 Å². The monoisotopic (exact) mass is 379 g/mol. The van der Waals surface area contributed by atoms with Gasteiger partial charge in [0.15, 0.2) is 0 Å². The summed E-state index contributed by atoms with van der Waals surface area (Å²) >= 11 is 1.48. The summed E-state index contributed by atoms with van der Waals surface area (Å²) in [5.41, 5.74) is 6.28. The third-order valence-corrected chi connectivity index (χ3v) is 6.42. The van der Waals surface area contributed by atoms with Crippen LogP contribution in [0.1, 0.15) is 28.1 Å². The highest BCUT2D eigenvalue weighted by Gasteiger charge is 2.28. The van der Waals surface area contributed by atoms with Gasteiger partial charge in [0.25, 0.3) is 5.91 Å². The van der Waals surface area contributed by atoms with E-state index >= 15 is 0 Å². The van der Waals surface area contributed by atoms with Crippen LogP contribution in [-0.4, -0.2) is 26.9 Å². The van der Waals surface area contributed by atoms with Crippen LogP contribution in [-0.2, 0) is 16.6 Å². The minimum atomic E-state index is -3.68. The van der Waals surface area contributed by atoms with E-state index in [-0.39, 0.29) is 23.4 Å². The number of hydrogen-bond acceptors (Lipinski definition) is 5. The van der Waals surface area contributed by atoms with Crippen LogP contribution in [0, 0.1) is 5.92 Å². The van der Waals surface area contributed by atoms with Gasteiger partial charge in [0, 0.05) is 29.6 Å². The van der Waals surface area contributed by atoms with Crippen molar-refractivity contribution in [1.82, 2.24) is 10.0 Å². The summed E-state index contributed by atoms with van der Waals surface area (Å²) < 4.78 is 27.4. The maximum Gasteiger partial charge on any atom is 0.251 e. The molecule has 0 saturated heterocycles. The van der Waals surface area contributed by atoms with Crippen LogP contribution in [0.15, 0.2) is 46.7 Å². The van der Waals surface area contributed by atoms with E-state index in [1.807, 2.05) is 17.5 Å². The minimum Gasteiger partial charge on any atom is -0.350 e. The van der Waals surface area contributed by atoms with E-state index in [1.165, 1.54) is 23.5 Å². The molecule has 3 rings (SSSR count). The van der Waals surface area contributed by atoms with E-state index in [2.05, 4.69) is 10.0 Å². The molecule has 1 atom stereocenters. The van der Waals surface area contributed by atoms with Crippen molar-refractivity contribution in [3.05, 3.63) is 52.2 Å². The van der Waals surface area contributed by atoms with Gasteiger partial charge < -0.3 is 11.1 Å². The molecule has 1 aliphatic rings. The SMILES string of the molecule is NC(CNC(=O)c1cccc(S(=O)(=O)NCc2cccs2)c1)C1CC1. The zero-order valence-corrected chi connectivity index (χ0v) is 15.3. The van der Waals surface area contributed by atoms with E-state index < -0.39 is 10.0 Å². The Balaban J connectivity index is 1.64. The fourth-order valence-corrected chi connectivity index (χ4v) is 4.26. The Morgan fingerprint density at radius 3 is 2.76 bits per heavy atom. The van der Waals surface area contributed by atoms with Gasteiger partial charge in [0.05, 0.1) is 4.90 Å². The molecule has 1 aromatic heterocycles. The fraction of sp³-hybridized carbons (Fsp3) is 0.353. The molecule has 1 fully saturated rings. The first-order valence-electron chi connectivity index (χ1n) is 8.11. The fourth-order valence-electron chi connectivity index (χ4n) is 2.47. The molecule has 0 bridgehead atoms. The van der Waals surface area contributed by atoms with Gasteiger partial charge in [-0.25, -0.2) is 13.1 Å². The molecule has 1 saturated carbocycles. The van der Waals surface area contributed by atoms with Crippen molar-refractivity contribution >= 4 is 27.3 Å². The molecule has 25 heavy (non-hydrogen) atoms. The van der Waals surface area contributed by atoms with Crippen LogP contribution in [0.4, 0.5) is 0 Å². The zero-order valence-electron chi connectivity index (χ0n) is 13.6. The summed E-state index contributed by atoms with van der Waals surface area (Å²) in [6, 6.07) is 9.71. The van der Waals surface area contributed by atoms with Crippen molar-refractivity contribution < 1.29 is 13.2 Å². The van der Waals surface area contributed by atoms with Crippen LogP contribution in [0.2, 0.25) is 0 Å². The van der Waals surface area contributed by atoms with Crippen LogP contribution >= 0.6 is 11.3 Å². The first kappa shape index (κ1) is 18.1. The quantitative estimate of drug-likeness (QED) is 0.650. The van der Waals surface area contributed by atoms with Crippen LogP contribution < -0.4 is 15.8 Å². The van der Waals surface area contributed by atoms with Crippen molar-refractivity contribution in [1.29, 1.82) is 0 Å². The summed E-state index contributed by atoms with van der Waals surface area (Å²) in [5.74, 6) is 0.180. The molecule has 0 aliphatic heterocycles. The lowest BCUT2D eigenvalue weighted by Gasteiger charge is -2.12. The van der Waals surface area contributed by atoms with Crippen molar-refractivity contribution in [3.8, 4) is 0 Å². The maximum absolute atomic E-state index is 12.4. The first-order chi connectivity index (χ1) is 12.0. The molecule has 2 aromatic rings. The second-order valence-electron chi connectivity index (χ2n) is 6.14. The molecule has 1 heterocycles. The first-order valence-corrected chi connectivity index (χ1v) is 10.5. The average Bonchev–Trinajstić information content (AvgIpc) is 3.34. The summed E-state index contributed by atoms with van der Waals surface area (Å²) in [5, 5.41) is 4.67. The summed E-state index contributed by atoms with van der Waals surface area (Å²) in [6.07, 6.45) is 2.22. The highest BCUT2D eigenvalue weighted by Crippen LogP contribution is 2.31. The number of hydrogen-bond donors (Lipinski definition) is 3. The molecule has 134 valence electrons. The lowest BCUT2D eigenvalue weighted by atomic mass is 10.2. The molecular formula is C17H21N3O3S2. The Morgan fingerprint density at radius 2 is 2.08 bits per heavy atom. The van der Waals surface area contributed by atoms with Crippen LogP contribution in [0.3, 0.4) is 0 Å². The summed E-state index contributed by atoms with van der Waals surface area (Å²) in [7, 11) is -3.68. The number of rotatable bonds is 8. The van der Waals surface area contributed by atoms with Gasteiger partial charge in [-0.2, -0.15) is 0 Å². The predicted molar refractivity (Wildman–Crippen MR) is 97.8 cm³/mol. The number of carbonyl (C=O) groups is 1. The smallest absolute Gasteiger partial charge is 0.251 e. The normalized spacial score (nSPS) is 15.7. The summed E-state index contributed by atoms with van der Waals surface area (Å²) in [6.45, 7) is 0.629. The molecule has 0 radical (unpaired) electrons. The van der Waals surface area contributed by atoms with Gasteiger partial charge in [-0.1, -0.05) is 12.1 Å². The number of nitrogens with one attached hydrogen (secondary N) is 2. The molecule has 1 aliphatic carbocycles. The van der Waals surface area contributed by atoms with E-state index in [4.69, 9.17) is 5.73 Å². The van der Waals surface area contributed by atoms with E-state index in [9.17, 15) is 13.2 Å². The van der Waals surface area contributed by atoms with Gasteiger partial charge in [-0.15, -0.1) is 11.3 Å². The molecular weight excluding hydrogens is 358 g/mol. The van der Waals surface area contributed by atoms with Gasteiger partial charge in [-0.05, 0) is 48.4 Å². The second-order valence-corrected chi connectivity index (χ2v) is 8.94. The number of nitrogens with two attached hydrogens (primary N) is 1. The Hall–Kier alpha value is -1.74. The second kappa shape index (κ2) is 7.65. The van der Waals surface area contributed by atoms with Crippen molar-refractivity contribution in [2.45, 2.75) is 30.3 Å². The maximum atomic E-state index is 12.4. The lowest BCUT2D eigenvalue weighted by Crippen LogP contribution is -2.38. The van der Waals surface area contributed by atoms with Gasteiger partial charge in [-0.3, -0.25) is 4.79 Å². The lowest BCUT2D eigenvalue weighted by molar-refractivity contribution is 0.0950. The third-order valence-electron chi connectivity index (χ3n) is 4.15. The Bertz CT molecular complexity index is 831. The Kier molecular flexibility index (Phi) is 5.53.